The minimum absolute atomic E-state index is 0.0100. The van der Waals surface area contributed by atoms with Crippen LogP contribution < -0.4 is 15.4 Å². The smallest absolute Gasteiger partial charge is 0.319 e. The molecule has 5 nitrogen and oxygen atoms in total. The summed E-state index contributed by atoms with van der Waals surface area (Å²) in [4.78, 5) is 11.8. The molecule has 0 saturated heterocycles. The van der Waals surface area contributed by atoms with Gasteiger partial charge in [-0.05, 0) is 37.5 Å². The van der Waals surface area contributed by atoms with Crippen LogP contribution in [0.25, 0.3) is 0 Å². The Bertz CT molecular complexity index is 468. The Morgan fingerprint density at radius 2 is 2.14 bits per heavy atom. The second kappa shape index (κ2) is 8.74. The number of nitrogens with one attached hydrogen (secondary N) is 2. The van der Waals surface area contributed by atoms with E-state index >= 15 is 0 Å². The normalized spacial score (nSPS) is 13.4. The lowest BCUT2D eigenvalue weighted by Gasteiger charge is -2.19. The van der Waals surface area contributed by atoms with E-state index in [1.165, 1.54) is 0 Å². The van der Waals surface area contributed by atoms with Gasteiger partial charge in [-0.2, -0.15) is 0 Å². The summed E-state index contributed by atoms with van der Waals surface area (Å²) >= 11 is 6.10. The molecule has 0 aliphatic heterocycles. The van der Waals surface area contributed by atoms with Crippen LogP contribution in [0.4, 0.5) is 10.5 Å². The molecule has 0 fully saturated rings. The molecule has 0 radical (unpaired) electrons. The van der Waals surface area contributed by atoms with Crippen LogP contribution >= 0.6 is 11.6 Å². The second-order valence-electron chi connectivity index (χ2n) is 5.04. The zero-order valence-electron chi connectivity index (χ0n) is 12.6. The molecule has 0 saturated carbocycles. The summed E-state index contributed by atoms with van der Waals surface area (Å²) in [5, 5.41) is 15.0. The second-order valence-corrected chi connectivity index (χ2v) is 5.45. The molecule has 2 amide bonds. The number of anilines is 1. The molecule has 3 N–H and O–H groups in total. The van der Waals surface area contributed by atoms with Crippen LogP contribution in [-0.2, 0) is 0 Å². The van der Waals surface area contributed by atoms with Crippen LogP contribution in [0.3, 0.4) is 0 Å². The summed E-state index contributed by atoms with van der Waals surface area (Å²) in [5.41, 5.74) is 0.588. The molecule has 6 heteroatoms. The number of aliphatic hydroxyl groups is 1. The van der Waals surface area contributed by atoms with E-state index in [0.29, 0.717) is 23.1 Å². The van der Waals surface area contributed by atoms with E-state index in [-0.39, 0.29) is 24.6 Å². The van der Waals surface area contributed by atoms with Gasteiger partial charge < -0.3 is 20.5 Å². The number of benzene rings is 1. The maximum absolute atomic E-state index is 11.8. The molecule has 0 aliphatic rings. The Kier molecular flexibility index (Phi) is 7.32. The zero-order valence-corrected chi connectivity index (χ0v) is 13.4. The van der Waals surface area contributed by atoms with Crippen molar-refractivity contribution >= 4 is 23.3 Å². The fourth-order valence-electron chi connectivity index (χ4n) is 1.58. The molecule has 1 aromatic rings. The summed E-state index contributed by atoms with van der Waals surface area (Å²) in [6.45, 7) is 6.35. The Balaban J connectivity index is 2.58. The average molecular weight is 315 g/mol. The number of urea groups is 1. The van der Waals surface area contributed by atoms with Gasteiger partial charge in [0, 0.05) is 18.3 Å². The number of hydrogen-bond acceptors (Lipinski definition) is 3. The maximum Gasteiger partial charge on any atom is 0.319 e. The molecule has 2 unspecified atom stereocenters. The minimum atomic E-state index is -0.332. The van der Waals surface area contributed by atoms with E-state index in [0.717, 1.165) is 6.42 Å². The number of aliphatic hydroxyl groups excluding tert-OH is 1. The van der Waals surface area contributed by atoms with Gasteiger partial charge in [-0.1, -0.05) is 25.4 Å². The number of carbonyl (C=O) groups is 1. The predicted octanol–water partition coefficient (Wildman–Crippen LogP) is 3.27. The standard InChI is InChI=1S/C15H23ClN2O3/c1-4-7-21-14-6-5-12(8-13(14)16)18-15(20)17-11(3)10(2)9-19/h5-6,8,10-11,19H,4,7,9H2,1-3H3,(H2,17,18,20). The van der Waals surface area contributed by atoms with Crippen molar-refractivity contribution in [3.8, 4) is 5.75 Å². The van der Waals surface area contributed by atoms with E-state index in [1.807, 2.05) is 20.8 Å². The largest absolute Gasteiger partial charge is 0.492 e. The number of amides is 2. The predicted molar refractivity (Wildman–Crippen MR) is 85.1 cm³/mol. The Morgan fingerprint density at radius 1 is 1.43 bits per heavy atom. The highest BCUT2D eigenvalue weighted by Gasteiger charge is 2.14. The van der Waals surface area contributed by atoms with Crippen molar-refractivity contribution in [3.63, 3.8) is 0 Å². The van der Waals surface area contributed by atoms with Gasteiger partial charge in [0.2, 0.25) is 0 Å². The molecule has 0 spiro atoms. The van der Waals surface area contributed by atoms with Crippen molar-refractivity contribution in [2.45, 2.75) is 33.2 Å². The lowest BCUT2D eigenvalue weighted by atomic mass is 10.1. The first-order valence-corrected chi connectivity index (χ1v) is 7.46. The average Bonchev–Trinajstić information content (AvgIpc) is 2.45. The molecule has 1 aromatic carbocycles. The van der Waals surface area contributed by atoms with Crippen molar-refractivity contribution in [1.29, 1.82) is 0 Å². The number of rotatable bonds is 7. The summed E-state index contributed by atoms with van der Waals surface area (Å²) in [6.07, 6.45) is 0.902. The van der Waals surface area contributed by atoms with E-state index in [1.54, 1.807) is 18.2 Å². The van der Waals surface area contributed by atoms with Crippen molar-refractivity contribution in [2.24, 2.45) is 5.92 Å². The first-order valence-electron chi connectivity index (χ1n) is 7.08. The topological polar surface area (TPSA) is 70.6 Å². The highest BCUT2D eigenvalue weighted by molar-refractivity contribution is 6.32. The Hall–Kier alpha value is -1.46. The lowest BCUT2D eigenvalue weighted by molar-refractivity contribution is 0.204. The minimum Gasteiger partial charge on any atom is -0.492 e. The Morgan fingerprint density at radius 3 is 2.71 bits per heavy atom. The van der Waals surface area contributed by atoms with Crippen molar-refractivity contribution in [1.82, 2.24) is 5.32 Å². The van der Waals surface area contributed by atoms with E-state index < -0.39 is 0 Å². The number of halogens is 1. The Labute approximate surface area is 130 Å². The molecule has 0 bridgehead atoms. The maximum atomic E-state index is 11.8. The van der Waals surface area contributed by atoms with Gasteiger partial charge in [-0.15, -0.1) is 0 Å². The molecule has 0 aromatic heterocycles. The first kappa shape index (κ1) is 17.6. The van der Waals surface area contributed by atoms with Crippen LogP contribution in [0.5, 0.6) is 5.75 Å². The van der Waals surface area contributed by atoms with Gasteiger partial charge in [0.25, 0.3) is 0 Å². The van der Waals surface area contributed by atoms with E-state index in [4.69, 9.17) is 21.4 Å². The third-order valence-electron chi connectivity index (χ3n) is 3.15. The quantitative estimate of drug-likeness (QED) is 0.723. The van der Waals surface area contributed by atoms with Crippen LogP contribution in [-0.4, -0.2) is 30.4 Å². The third kappa shape index (κ3) is 5.81. The summed E-state index contributed by atoms with van der Waals surface area (Å²) in [5.74, 6) is 0.593. The number of ether oxygens (including phenoxy) is 1. The van der Waals surface area contributed by atoms with Crippen LogP contribution in [0.1, 0.15) is 27.2 Å². The molecular formula is C15H23ClN2O3. The summed E-state index contributed by atoms with van der Waals surface area (Å²) in [7, 11) is 0. The number of hydrogen-bond donors (Lipinski definition) is 3. The molecule has 2 atom stereocenters. The molecule has 0 heterocycles. The summed E-state index contributed by atoms with van der Waals surface area (Å²) < 4.78 is 5.47. The highest BCUT2D eigenvalue weighted by Crippen LogP contribution is 2.27. The fourth-order valence-corrected chi connectivity index (χ4v) is 1.82. The van der Waals surface area contributed by atoms with Crippen molar-refractivity contribution in [3.05, 3.63) is 23.2 Å². The molecule has 21 heavy (non-hydrogen) atoms. The highest BCUT2D eigenvalue weighted by atomic mass is 35.5. The SMILES string of the molecule is CCCOc1ccc(NC(=O)NC(C)C(C)CO)cc1Cl. The monoisotopic (exact) mass is 314 g/mol. The van der Waals surface area contributed by atoms with Gasteiger partial charge >= 0.3 is 6.03 Å². The van der Waals surface area contributed by atoms with Gasteiger partial charge in [-0.3, -0.25) is 0 Å². The van der Waals surface area contributed by atoms with Gasteiger partial charge in [-0.25, -0.2) is 4.79 Å². The van der Waals surface area contributed by atoms with Crippen LogP contribution in [0, 0.1) is 5.92 Å². The van der Waals surface area contributed by atoms with Crippen molar-refractivity contribution in [2.75, 3.05) is 18.5 Å². The van der Waals surface area contributed by atoms with E-state index in [9.17, 15) is 4.79 Å². The van der Waals surface area contributed by atoms with E-state index in [2.05, 4.69) is 10.6 Å². The third-order valence-corrected chi connectivity index (χ3v) is 3.45. The first-order chi connectivity index (χ1) is 9.97. The van der Waals surface area contributed by atoms with Gasteiger partial charge in [0.05, 0.1) is 11.6 Å². The summed E-state index contributed by atoms with van der Waals surface area (Å²) in [6, 6.07) is 4.65. The number of carbonyl (C=O) groups excluding carboxylic acids is 1. The van der Waals surface area contributed by atoms with Crippen molar-refractivity contribution < 1.29 is 14.6 Å². The zero-order chi connectivity index (χ0) is 15.8. The molecular weight excluding hydrogens is 292 g/mol. The van der Waals surface area contributed by atoms with Crippen LogP contribution in [0.2, 0.25) is 5.02 Å². The molecule has 118 valence electrons. The van der Waals surface area contributed by atoms with Crippen LogP contribution in [0.15, 0.2) is 18.2 Å². The molecule has 1 rings (SSSR count). The van der Waals surface area contributed by atoms with Gasteiger partial charge in [0.1, 0.15) is 5.75 Å². The molecule has 0 aliphatic carbocycles. The fraction of sp³-hybridized carbons (Fsp3) is 0.533. The lowest BCUT2D eigenvalue weighted by Crippen LogP contribution is -2.40. The van der Waals surface area contributed by atoms with Gasteiger partial charge in [0.15, 0.2) is 0 Å².